The number of hydrogen-bond donors (Lipinski definition) is 0. The fourth-order valence-electron chi connectivity index (χ4n) is 3.62. The van der Waals surface area contributed by atoms with Crippen LogP contribution in [0.15, 0.2) is 49.2 Å². The predicted molar refractivity (Wildman–Crippen MR) is 98.7 cm³/mol. The van der Waals surface area contributed by atoms with E-state index in [1.807, 2.05) is 36.2 Å². The number of carbonyl (C=O) groups excluding carboxylic acids is 1. The van der Waals surface area contributed by atoms with Crippen molar-refractivity contribution in [1.82, 2.24) is 24.4 Å². The first-order valence-electron chi connectivity index (χ1n) is 8.79. The van der Waals surface area contributed by atoms with Crippen molar-refractivity contribution < 1.29 is 4.79 Å². The molecule has 0 saturated carbocycles. The molecule has 0 N–H and O–H groups in total. The van der Waals surface area contributed by atoms with E-state index in [1.54, 1.807) is 24.8 Å². The van der Waals surface area contributed by atoms with Gasteiger partial charge in [0.15, 0.2) is 0 Å². The molecule has 4 heterocycles. The van der Waals surface area contributed by atoms with Crippen LogP contribution in [-0.2, 0) is 0 Å². The lowest BCUT2D eigenvalue weighted by Crippen LogP contribution is -2.30. The summed E-state index contributed by atoms with van der Waals surface area (Å²) < 4.78 is 2.25. The molecule has 1 saturated heterocycles. The zero-order valence-electron chi connectivity index (χ0n) is 15.0. The average molecular weight is 347 g/mol. The van der Waals surface area contributed by atoms with Crippen molar-refractivity contribution in [3.05, 3.63) is 66.0 Å². The van der Waals surface area contributed by atoms with Crippen LogP contribution >= 0.6 is 0 Å². The number of amides is 1. The van der Waals surface area contributed by atoms with Gasteiger partial charge in [0, 0.05) is 55.3 Å². The van der Waals surface area contributed by atoms with E-state index in [1.165, 1.54) is 0 Å². The van der Waals surface area contributed by atoms with E-state index >= 15 is 0 Å². The van der Waals surface area contributed by atoms with E-state index in [0.717, 1.165) is 35.6 Å². The van der Waals surface area contributed by atoms with Crippen molar-refractivity contribution in [3.63, 3.8) is 0 Å². The molecule has 1 amide bonds. The molecule has 3 aromatic rings. The smallest absolute Gasteiger partial charge is 0.255 e. The third-order valence-electron chi connectivity index (χ3n) is 5.01. The monoisotopic (exact) mass is 347 g/mol. The third kappa shape index (κ3) is 2.87. The Balaban J connectivity index is 1.60. The summed E-state index contributed by atoms with van der Waals surface area (Å²) in [5, 5.41) is 0. The third-order valence-corrected chi connectivity index (χ3v) is 5.01. The quantitative estimate of drug-likeness (QED) is 0.730. The highest BCUT2D eigenvalue weighted by molar-refractivity contribution is 5.95. The fraction of sp³-hybridized carbons (Fsp3) is 0.300. The van der Waals surface area contributed by atoms with E-state index < -0.39 is 0 Å². The van der Waals surface area contributed by atoms with Crippen LogP contribution in [-0.4, -0.2) is 43.4 Å². The standard InChI is InChI=1S/C20H21N5O/c1-14-3-7-22-12-18(14)20(26)24-10-6-17(13-24)25-15(2)11-23-19(25)16-4-8-21-9-5-16/h3-5,7-9,11-12,17H,6,10,13H2,1-2H3. The number of aromatic nitrogens is 4. The number of imidazole rings is 1. The van der Waals surface area contributed by atoms with E-state index in [4.69, 9.17) is 0 Å². The Bertz CT molecular complexity index is 934. The van der Waals surface area contributed by atoms with E-state index in [9.17, 15) is 4.79 Å². The molecule has 1 atom stereocenters. The molecule has 0 bridgehead atoms. The topological polar surface area (TPSA) is 63.9 Å². The van der Waals surface area contributed by atoms with Gasteiger partial charge in [-0.2, -0.15) is 0 Å². The van der Waals surface area contributed by atoms with Gasteiger partial charge >= 0.3 is 0 Å². The van der Waals surface area contributed by atoms with Gasteiger partial charge in [-0.1, -0.05) is 0 Å². The van der Waals surface area contributed by atoms with Crippen molar-refractivity contribution in [1.29, 1.82) is 0 Å². The van der Waals surface area contributed by atoms with Crippen molar-refractivity contribution >= 4 is 5.91 Å². The number of pyridine rings is 2. The van der Waals surface area contributed by atoms with Crippen LogP contribution in [0.2, 0.25) is 0 Å². The minimum Gasteiger partial charge on any atom is -0.336 e. The summed E-state index contributed by atoms with van der Waals surface area (Å²) in [6.07, 6.45) is 9.75. The van der Waals surface area contributed by atoms with Crippen molar-refractivity contribution in [2.45, 2.75) is 26.3 Å². The molecule has 6 heteroatoms. The van der Waals surface area contributed by atoms with Gasteiger partial charge in [0.05, 0.1) is 11.6 Å². The Morgan fingerprint density at radius 2 is 1.85 bits per heavy atom. The summed E-state index contributed by atoms with van der Waals surface area (Å²) in [7, 11) is 0. The van der Waals surface area contributed by atoms with Crippen molar-refractivity contribution in [2.24, 2.45) is 0 Å². The number of nitrogens with zero attached hydrogens (tertiary/aromatic N) is 5. The minimum atomic E-state index is 0.0568. The highest BCUT2D eigenvalue weighted by Crippen LogP contribution is 2.30. The van der Waals surface area contributed by atoms with Gasteiger partial charge in [-0.3, -0.25) is 14.8 Å². The number of likely N-dealkylation sites (tertiary alicyclic amines) is 1. The first-order chi connectivity index (χ1) is 12.6. The first kappa shape index (κ1) is 16.4. The van der Waals surface area contributed by atoms with Crippen LogP contribution in [0.1, 0.15) is 34.1 Å². The zero-order valence-corrected chi connectivity index (χ0v) is 15.0. The first-order valence-corrected chi connectivity index (χ1v) is 8.79. The molecule has 1 aliphatic rings. The van der Waals surface area contributed by atoms with Crippen molar-refractivity contribution in [2.75, 3.05) is 13.1 Å². The molecular formula is C20H21N5O. The van der Waals surface area contributed by atoms with E-state index in [2.05, 4.69) is 26.4 Å². The minimum absolute atomic E-state index is 0.0568. The van der Waals surface area contributed by atoms with Crippen LogP contribution < -0.4 is 0 Å². The zero-order chi connectivity index (χ0) is 18.1. The lowest BCUT2D eigenvalue weighted by atomic mass is 10.1. The maximum atomic E-state index is 12.9. The summed E-state index contributed by atoms with van der Waals surface area (Å²) in [6, 6.07) is 6.04. The predicted octanol–water partition coefficient (Wildman–Crippen LogP) is 3.04. The summed E-state index contributed by atoms with van der Waals surface area (Å²) in [4.78, 5) is 27.6. The summed E-state index contributed by atoms with van der Waals surface area (Å²) >= 11 is 0. The van der Waals surface area contributed by atoms with E-state index in [-0.39, 0.29) is 11.9 Å². The van der Waals surface area contributed by atoms with E-state index in [0.29, 0.717) is 12.1 Å². The van der Waals surface area contributed by atoms with Gasteiger partial charge in [0.2, 0.25) is 0 Å². The largest absolute Gasteiger partial charge is 0.336 e. The lowest BCUT2D eigenvalue weighted by molar-refractivity contribution is 0.0786. The molecule has 26 heavy (non-hydrogen) atoms. The number of rotatable bonds is 3. The normalized spacial score (nSPS) is 16.8. The maximum absolute atomic E-state index is 12.9. The van der Waals surface area contributed by atoms with Gasteiger partial charge in [-0.25, -0.2) is 4.98 Å². The Hall–Kier alpha value is -3.02. The molecule has 0 aliphatic carbocycles. The molecule has 132 valence electrons. The summed E-state index contributed by atoms with van der Waals surface area (Å²) in [6.45, 7) is 5.44. The Labute approximate surface area is 152 Å². The van der Waals surface area contributed by atoms with Crippen LogP contribution in [0.25, 0.3) is 11.4 Å². The molecule has 0 radical (unpaired) electrons. The molecule has 0 spiro atoms. The highest BCUT2D eigenvalue weighted by Gasteiger charge is 2.30. The Morgan fingerprint density at radius 1 is 1.08 bits per heavy atom. The van der Waals surface area contributed by atoms with Crippen LogP contribution in [0.5, 0.6) is 0 Å². The van der Waals surface area contributed by atoms with Gasteiger partial charge in [0.25, 0.3) is 5.91 Å². The molecule has 6 nitrogen and oxygen atoms in total. The van der Waals surface area contributed by atoms with Gasteiger partial charge in [-0.15, -0.1) is 0 Å². The summed E-state index contributed by atoms with van der Waals surface area (Å²) in [5.74, 6) is 0.989. The fourth-order valence-corrected chi connectivity index (χ4v) is 3.62. The molecule has 4 rings (SSSR count). The summed E-state index contributed by atoms with van der Waals surface area (Å²) in [5.41, 5.74) is 3.80. The maximum Gasteiger partial charge on any atom is 0.255 e. The van der Waals surface area contributed by atoms with Gasteiger partial charge in [-0.05, 0) is 44.0 Å². The number of hydrogen-bond acceptors (Lipinski definition) is 4. The number of carbonyl (C=O) groups is 1. The second-order valence-electron chi connectivity index (χ2n) is 6.71. The van der Waals surface area contributed by atoms with Gasteiger partial charge in [0.1, 0.15) is 5.82 Å². The molecule has 1 aliphatic heterocycles. The van der Waals surface area contributed by atoms with Crippen LogP contribution in [0.3, 0.4) is 0 Å². The molecule has 3 aromatic heterocycles. The van der Waals surface area contributed by atoms with Crippen molar-refractivity contribution in [3.8, 4) is 11.4 Å². The van der Waals surface area contributed by atoms with Crippen LogP contribution in [0.4, 0.5) is 0 Å². The molecule has 1 fully saturated rings. The Morgan fingerprint density at radius 3 is 2.62 bits per heavy atom. The SMILES string of the molecule is Cc1ccncc1C(=O)N1CCC(n2c(C)cnc2-c2ccncc2)C1. The average Bonchev–Trinajstić information content (AvgIpc) is 3.29. The molecular weight excluding hydrogens is 326 g/mol. The molecule has 0 aromatic carbocycles. The second-order valence-corrected chi connectivity index (χ2v) is 6.71. The second kappa shape index (κ2) is 6.71. The Kier molecular flexibility index (Phi) is 4.24. The van der Waals surface area contributed by atoms with Gasteiger partial charge < -0.3 is 9.47 Å². The lowest BCUT2D eigenvalue weighted by Gasteiger charge is -2.20. The molecule has 1 unspecified atom stereocenters. The highest BCUT2D eigenvalue weighted by atomic mass is 16.2. The van der Waals surface area contributed by atoms with Crippen LogP contribution in [0, 0.1) is 13.8 Å². The number of aryl methyl sites for hydroxylation is 2.